The normalized spacial score (nSPS) is 17.7. The van der Waals surface area contributed by atoms with Gasteiger partial charge in [-0.05, 0) is 52.0 Å². The molecule has 0 aromatic carbocycles. The topological polar surface area (TPSA) is 66.5 Å². The fourth-order valence-corrected chi connectivity index (χ4v) is 2.39. The van der Waals surface area contributed by atoms with Crippen LogP contribution in [0.4, 0.5) is 5.69 Å². The van der Waals surface area contributed by atoms with Crippen LogP contribution in [0.25, 0.3) is 0 Å². The van der Waals surface area contributed by atoms with Gasteiger partial charge in [0, 0.05) is 31.6 Å². The number of nitrogens with zero attached hydrogens (tertiary/aromatic N) is 2. The highest BCUT2D eigenvalue weighted by atomic mass is 16.5. The van der Waals surface area contributed by atoms with Crippen molar-refractivity contribution in [2.45, 2.75) is 25.4 Å². The second-order valence-corrected chi connectivity index (χ2v) is 5.86. The predicted octanol–water partition coefficient (Wildman–Crippen LogP) is 1.35. The predicted molar refractivity (Wildman–Crippen MR) is 87.2 cm³/mol. The summed E-state index contributed by atoms with van der Waals surface area (Å²) in [6.07, 6.45) is 5.08. The van der Waals surface area contributed by atoms with Gasteiger partial charge in [0.2, 0.25) is 0 Å². The molecule has 1 aliphatic rings. The van der Waals surface area contributed by atoms with Crippen molar-refractivity contribution in [1.82, 2.24) is 15.2 Å². The molecule has 6 heteroatoms. The molecule has 6 nitrogen and oxygen atoms in total. The van der Waals surface area contributed by atoms with Crippen molar-refractivity contribution >= 4 is 11.6 Å². The highest BCUT2D eigenvalue weighted by molar-refractivity contribution is 5.93. The van der Waals surface area contributed by atoms with E-state index < -0.39 is 0 Å². The molecule has 122 valence electrons. The van der Waals surface area contributed by atoms with Crippen LogP contribution in [0, 0.1) is 0 Å². The highest BCUT2D eigenvalue weighted by Crippen LogP contribution is 2.14. The molecule has 0 spiro atoms. The van der Waals surface area contributed by atoms with Crippen LogP contribution in [0.5, 0.6) is 0 Å². The van der Waals surface area contributed by atoms with Crippen molar-refractivity contribution in [3.8, 4) is 0 Å². The van der Waals surface area contributed by atoms with E-state index in [2.05, 4.69) is 20.5 Å². The lowest BCUT2D eigenvalue weighted by Gasteiger charge is -2.13. The van der Waals surface area contributed by atoms with E-state index in [9.17, 15) is 4.79 Å². The summed E-state index contributed by atoms with van der Waals surface area (Å²) in [5.74, 6) is -0.125. The summed E-state index contributed by atoms with van der Waals surface area (Å²) in [6.45, 7) is 3.24. The Labute approximate surface area is 132 Å². The molecule has 1 saturated heterocycles. The summed E-state index contributed by atoms with van der Waals surface area (Å²) in [6, 6.07) is 3.66. The largest absolute Gasteiger partial charge is 0.382 e. The maximum absolute atomic E-state index is 12.1. The molecule has 2 heterocycles. The van der Waals surface area contributed by atoms with E-state index >= 15 is 0 Å². The van der Waals surface area contributed by atoms with Crippen LogP contribution >= 0.6 is 0 Å². The number of anilines is 1. The van der Waals surface area contributed by atoms with Crippen LogP contribution in [-0.4, -0.2) is 62.2 Å². The first-order chi connectivity index (χ1) is 10.6. The quantitative estimate of drug-likeness (QED) is 0.710. The summed E-state index contributed by atoms with van der Waals surface area (Å²) in [5, 5.41) is 6.21. The number of carbonyl (C=O) groups excluding carboxylic acids is 1. The van der Waals surface area contributed by atoms with E-state index in [-0.39, 0.29) is 12.0 Å². The van der Waals surface area contributed by atoms with Crippen molar-refractivity contribution in [2.75, 3.05) is 45.7 Å². The third-order valence-corrected chi connectivity index (χ3v) is 3.62. The van der Waals surface area contributed by atoms with Crippen LogP contribution in [0.15, 0.2) is 18.3 Å². The zero-order valence-electron chi connectivity index (χ0n) is 13.5. The number of hydrogen-bond donors (Lipinski definition) is 2. The van der Waals surface area contributed by atoms with E-state index in [1.165, 1.54) is 0 Å². The first kappa shape index (κ1) is 16.7. The van der Waals surface area contributed by atoms with E-state index in [1.54, 1.807) is 12.3 Å². The third kappa shape index (κ3) is 5.61. The molecule has 0 aliphatic carbocycles. The molecule has 2 rings (SSSR count). The zero-order valence-corrected chi connectivity index (χ0v) is 13.5. The summed E-state index contributed by atoms with van der Waals surface area (Å²) in [5.41, 5.74) is 1.35. The van der Waals surface area contributed by atoms with Gasteiger partial charge >= 0.3 is 0 Å². The SMILES string of the molecule is CN(C)CCCNC(=O)c1cc(NCC2CCCO2)ccn1. The Morgan fingerprint density at radius 2 is 2.36 bits per heavy atom. The number of ether oxygens (including phenoxy) is 1. The van der Waals surface area contributed by atoms with Gasteiger partial charge in [-0.2, -0.15) is 0 Å². The van der Waals surface area contributed by atoms with Gasteiger partial charge in [0.05, 0.1) is 6.10 Å². The van der Waals surface area contributed by atoms with Crippen LogP contribution in [0.2, 0.25) is 0 Å². The highest BCUT2D eigenvalue weighted by Gasteiger charge is 2.15. The van der Waals surface area contributed by atoms with Gasteiger partial charge in [0.25, 0.3) is 5.91 Å². The summed E-state index contributed by atoms with van der Waals surface area (Å²) < 4.78 is 5.58. The Morgan fingerprint density at radius 1 is 1.50 bits per heavy atom. The van der Waals surface area contributed by atoms with Gasteiger partial charge in [-0.3, -0.25) is 9.78 Å². The van der Waals surface area contributed by atoms with Gasteiger partial charge in [-0.25, -0.2) is 0 Å². The minimum absolute atomic E-state index is 0.125. The lowest BCUT2D eigenvalue weighted by molar-refractivity contribution is 0.0947. The molecule has 1 aromatic heterocycles. The third-order valence-electron chi connectivity index (χ3n) is 3.62. The lowest BCUT2D eigenvalue weighted by Crippen LogP contribution is -2.28. The lowest BCUT2D eigenvalue weighted by atomic mass is 10.2. The first-order valence-electron chi connectivity index (χ1n) is 7.89. The minimum atomic E-state index is -0.125. The first-order valence-corrected chi connectivity index (χ1v) is 7.89. The van der Waals surface area contributed by atoms with E-state index in [4.69, 9.17) is 4.74 Å². The Kier molecular flexibility index (Phi) is 6.61. The Hall–Kier alpha value is -1.66. The monoisotopic (exact) mass is 306 g/mol. The van der Waals surface area contributed by atoms with Crippen LogP contribution in [0.1, 0.15) is 29.8 Å². The van der Waals surface area contributed by atoms with Crippen molar-refractivity contribution < 1.29 is 9.53 Å². The summed E-state index contributed by atoms with van der Waals surface area (Å²) in [4.78, 5) is 18.3. The molecule has 2 N–H and O–H groups in total. The maximum atomic E-state index is 12.1. The Morgan fingerprint density at radius 3 is 3.09 bits per heavy atom. The smallest absolute Gasteiger partial charge is 0.269 e. The Bertz CT molecular complexity index is 473. The molecule has 0 saturated carbocycles. The molecule has 0 radical (unpaired) electrons. The standard InChI is InChI=1S/C16H26N4O2/c1-20(2)9-4-7-18-16(21)15-11-13(6-8-17-15)19-12-14-5-3-10-22-14/h6,8,11,14H,3-5,7,9-10,12H2,1-2H3,(H,17,19)(H,18,21). The zero-order chi connectivity index (χ0) is 15.8. The fourth-order valence-electron chi connectivity index (χ4n) is 2.39. The van der Waals surface area contributed by atoms with Crippen molar-refractivity contribution in [3.63, 3.8) is 0 Å². The van der Waals surface area contributed by atoms with Crippen LogP contribution in [0.3, 0.4) is 0 Å². The summed E-state index contributed by atoms with van der Waals surface area (Å²) in [7, 11) is 4.04. The number of aromatic nitrogens is 1. The van der Waals surface area contributed by atoms with Crippen molar-refractivity contribution in [1.29, 1.82) is 0 Å². The fraction of sp³-hybridized carbons (Fsp3) is 0.625. The van der Waals surface area contributed by atoms with Crippen LogP contribution < -0.4 is 10.6 Å². The number of nitrogens with one attached hydrogen (secondary N) is 2. The second-order valence-electron chi connectivity index (χ2n) is 5.86. The second kappa shape index (κ2) is 8.70. The van der Waals surface area contributed by atoms with E-state index in [0.29, 0.717) is 12.2 Å². The van der Waals surface area contributed by atoms with Crippen LogP contribution in [-0.2, 0) is 4.74 Å². The molecular weight excluding hydrogens is 280 g/mol. The summed E-state index contributed by atoms with van der Waals surface area (Å²) >= 11 is 0. The molecule has 1 aliphatic heterocycles. The van der Waals surface area contributed by atoms with E-state index in [0.717, 1.165) is 44.6 Å². The molecule has 1 atom stereocenters. The number of amides is 1. The van der Waals surface area contributed by atoms with E-state index in [1.807, 2.05) is 20.2 Å². The number of rotatable bonds is 8. The average molecular weight is 306 g/mol. The minimum Gasteiger partial charge on any atom is -0.382 e. The molecule has 1 unspecified atom stereocenters. The van der Waals surface area contributed by atoms with Gasteiger partial charge < -0.3 is 20.3 Å². The molecule has 22 heavy (non-hydrogen) atoms. The number of carbonyl (C=O) groups is 1. The Balaban J connectivity index is 1.78. The van der Waals surface area contributed by atoms with Gasteiger partial charge in [0.15, 0.2) is 0 Å². The molecule has 1 aromatic rings. The van der Waals surface area contributed by atoms with Crippen molar-refractivity contribution in [2.24, 2.45) is 0 Å². The molecule has 0 bridgehead atoms. The molecular formula is C16H26N4O2. The maximum Gasteiger partial charge on any atom is 0.269 e. The van der Waals surface area contributed by atoms with Gasteiger partial charge in [-0.15, -0.1) is 0 Å². The number of pyridine rings is 1. The van der Waals surface area contributed by atoms with Gasteiger partial charge in [0.1, 0.15) is 5.69 Å². The van der Waals surface area contributed by atoms with Gasteiger partial charge in [-0.1, -0.05) is 0 Å². The molecule has 1 amide bonds. The van der Waals surface area contributed by atoms with Crippen molar-refractivity contribution in [3.05, 3.63) is 24.0 Å². The average Bonchev–Trinajstić information content (AvgIpc) is 3.03. The number of hydrogen-bond acceptors (Lipinski definition) is 5. The molecule has 1 fully saturated rings.